The Balaban J connectivity index is 1.65. The Bertz CT molecular complexity index is 880. The second kappa shape index (κ2) is 8.08. The lowest BCUT2D eigenvalue weighted by Crippen LogP contribution is -2.50. The molecule has 30 heavy (non-hydrogen) atoms. The Morgan fingerprint density at radius 3 is 2.17 bits per heavy atom. The maximum absolute atomic E-state index is 12.3. The Morgan fingerprint density at radius 2 is 1.63 bits per heavy atom. The highest BCUT2D eigenvalue weighted by Gasteiger charge is 2.31. The fourth-order valence-electron chi connectivity index (χ4n) is 3.15. The van der Waals surface area contributed by atoms with Crippen molar-refractivity contribution in [1.29, 1.82) is 0 Å². The summed E-state index contributed by atoms with van der Waals surface area (Å²) in [6, 6.07) is 5.52. The third kappa shape index (κ3) is 5.58. The highest BCUT2D eigenvalue weighted by molar-refractivity contribution is 5.68. The van der Waals surface area contributed by atoms with Crippen molar-refractivity contribution in [2.45, 2.75) is 39.7 Å². The summed E-state index contributed by atoms with van der Waals surface area (Å²) < 4.78 is 47.8. The fourth-order valence-corrected chi connectivity index (χ4v) is 3.15. The van der Waals surface area contributed by atoms with Crippen molar-refractivity contribution in [3.63, 3.8) is 0 Å². The molecule has 2 heterocycles. The number of carbonyl (C=O) groups excluding carboxylic acids is 1. The second-order valence-electron chi connectivity index (χ2n) is 8.04. The lowest BCUT2D eigenvalue weighted by atomic mass is 10.2. The summed E-state index contributed by atoms with van der Waals surface area (Å²) in [5.74, 6) is -0.284. The Kier molecular flexibility index (Phi) is 5.87. The van der Waals surface area contributed by atoms with Crippen LogP contribution in [0.15, 0.2) is 30.5 Å². The van der Waals surface area contributed by atoms with E-state index in [4.69, 9.17) is 4.74 Å². The van der Waals surface area contributed by atoms with Crippen molar-refractivity contribution in [2.75, 3.05) is 31.1 Å². The van der Waals surface area contributed by atoms with Gasteiger partial charge in [0.2, 0.25) is 0 Å². The predicted molar refractivity (Wildman–Crippen MR) is 105 cm³/mol. The first-order valence-electron chi connectivity index (χ1n) is 9.57. The molecule has 1 fully saturated rings. The highest BCUT2D eigenvalue weighted by Crippen LogP contribution is 2.26. The number of aromatic nitrogens is 2. The lowest BCUT2D eigenvalue weighted by Gasteiger charge is -2.36. The van der Waals surface area contributed by atoms with E-state index in [1.165, 1.54) is 24.3 Å². The molecule has 0 aliphatic carbocycles. The molecule has 10 heteroatoms. The number of piperazine rings is 1. The number of aryl methyl sites for hydroxylation is 1. The molecule has 1 amide bonds. The van der Waals surface area contributed by atoms with Crippen LogP contribution >= 0.6 is 0 Å². The molecule has 7 nitrogen and oxygen atoms in total. The highest BCUT2D eigenvalue weighted by atomic mass is 19.4. The normalized spacial score (nSPS) is 15.3. The summed E-state index contributed by atoms with van der Waals surface area (Å²) in [7, 11) is 0. The molecule has 1 aliphatic heterocycles. The van der Waals surface area contributed by atoms with Crippen LogP contribution in [0, 0.1) is 6.92 Å². The first kappa shape index (κ1) is 21.8. The molecule has 1 saturated heterocycles. The number of anilines is 1. The predicted octanol–water partition coefficient (Wildman–Crippen LogP) is 4.14. The van der Waals surface area contributed by atoms with E-state index < -0.39 is 12.0 Å². The molecule has 0 atom stereocenters. The van der Waals surface area contributed by atoms with E-state index in [0.717, 1.165) is 11.4 Å². The molecule has 3 rings (SSSR count). The van der Waals surface area contributed by atoms with Gasteiger partial charge in [-0.15, -0.1) is 13.2 Å². The number of alkyl halides is 3. The van der Waals surface area contributed by atoms with Gasteiger partial charge in [-0.05, 0) is 52.0 Å². The maximum atomic E-state index is 12.3. The molecule has 2 aromatic rings. The summed E-state index contributed by atoms with van der Waals surface area (Å²) in [5.41, 5.74) is 1.78. The van der Waals surface area contributed by atoms with Gasteiger partial charge in [0.15, 0.2) is 0 Å². The van der Waals surface area contributed by atoms with Crippen molar-refractivity contribution in [2.24, 2.45) is 0 Å². The van der Waals surface area contributed by atoms with Crippen molar-refractivity contribution in [3.05, 3.63) is 36.2 Å². The van der Waals surface area contributed by atoms with Gasteiger partial charge in [-0.3, -0.25) is 0 Å². The number of hydrogen-bond donors (Lipinski definition) is 0. The smallest absolute Gasteiger partial charge is 0.444 e. The number of benzene rings is 1. The second-order valence-corrected chi connectivity index (χ2v) is 8.04. The Morgan fingerprint density at radius 1 is 1.03 bits per heavy atom. The summed E-state index contributed by atoms with van der Waals surface area (Å²) >= 11 is 0. The van der Waals surface area contributed by atoms with Crippen LogP contribution in [0.25, 0.3) is 5.69 Å². The first-order chi connectivity index (χ1) is 13.9. The van der Waals surface area contributed by atoms with Gasteiger partial charge in [0.25, 0.3) is 0 Å². The molecule has 1 aromatic heterocycles. The number of rotatable bonds is 3. The number of halogens is 3. The number of ether oxygens (including phenoxy) is 2. The largest absolute Gasteiger partial charge is 0.573 e. The van der Waals surface area contributed by atoms with Crippen molar-refractivity contribution < 1.29 is 27.4 Å². The molecule has 1 aliphatic rings. The van der Waals surface area contributed by atoms with Crippen LogP contribution in [-0.2, 0) is 4.74 Å². The minimum atomic E-state index is -4.72. The number of nitrogens with zero attached hydrogens (tertiary/aromatic N) is 4. The van der Waals surface area contributed by atoms with Crippen LogP contribution in [0.5, 0.6) is 5.75 Å². The zero-order chi connectivity index (χ0) is 22.1. The van der Waals surface area contributed by atoms with Crippen LogP contribution < -0.4 is 9.64 Å². The van der Waals surface area contributed by atoms with Gasteiger partial charge >= 0.3 is 12.5 Å². The summed E-state index contributed by atoms with van der Waals surface area (Å²) in [6.07, 6.45) is -3.22. The molecule has 0 N–H and O–H groups in total. The minimum absolute atomic E-state index is 0.284. The van der Waals surface area contributed by atoms with E-state index in [0.29, 0.717) is 31.9 Å². The number of hydrogen-bond acceptors (Lipinski definition) is 5. The van der Waals surface area contributed by atoms with Gasteiger partial charge in [-0.1, -0.05) is 0 Å². The Hall–Kier alpha value is -2.91. The lowest BCUT2D eigenvalue weighted by molar-refractivity contribution is -0.274. The first-order valence-corrected chi connectivity index (χ1v) is 9.57. The third-order valence-electron chi connectivity index (χ3n) is 4.48. The molecule has 0 radical (unpaired) electrons. The van der Waals surface area contributed by atoms with Crippen LogP contribution in [0.1, 0.15) is 26.5 Å². The topological polar surface area (TPSA) is 59.8 Å². The summed E-state index contributed by atoms with van der Waals surface area (Å²) in [4.78, 5) is 16.0. The molecular weight excluding hydrogens is 401 g/mol. The van der Waals surface area contributed by atoms with Crippen LogP contribution in [-0.4, -0.2) is 58.9 Å². The fraction of sp³-hybridized carbons (Fsp3) is 0.500. The number of amides is 1. The van der Waals surface area contributed by atoms with Gasteiger partial charge in [-0.25, -0.2) is 9.48 Å². The molecule has 0 saturated carbocycles. The van der Waals surface area contributed by atoms with E-state index >= 15 is 0 Å². The van der Waals surface area contributed by atoms with E-state index in [-0.39, 0.29) is 11.8 Å². The summed E-state index contributed by atoms with van der Waals surface area (Å²) in [5, 5.41) is 4.47. The molecule has 0 spiro atoms. The molecule has 0 unspecified atom stereocenters. The SMILES string of the molecule is Cc1nn(-c2ccc(OC(F)(F)F)cc2)cc1N1CCN(C(=O)OC(C)(C)C)CC1. The van der Waals surface area contributed by atoms with Gasteiger partial charge < -0.3 is 19.3 Å². The zero-order valence-electron chi connectivity index (χ0n) is 17.4. The molecule has 0 bridgehead atoms. The maximum Gasteiger partial charge on any atom is 0.573 e. The van der Waals surface area contributed by atoms with Gasteiger partial charge in [0.1, 0.15) is 11.4 Å². The van der Waals surface area contributed by atoms with Gasteiger partial charge in [0, 0.05) is 26.2 Å². The van der Waals surface area contributed by atoms with Crippen LogP contribution in [0.3, 0.4) is 0 Å². The zero-order valence-corrected chi connectivity index (χ0v) is 17.4. The van der Waals surface area contributed by atoms with Crippen molar-refractivity contribution in [3.8, 4) is 11.4 Å². The Labute approximate surface area is 173 Å². The minimum Gasteiger partial charge on any atom is -0.444 e. The van der Waals surface area contributed by atoms with Crippen molar-refractivity contribution >= 4 is 11.8 Å². The molecular formula is C20H25F3N4O3. The average molecular weight is 426 g/mol. The third-order valence-corrected chi connectivity index (χ3v) is 4.48. The monoisotopic (exact) mass is 426 g/mol. The average Bonchev–Trinajstić information content (AvgIpc) is 3.01. The van der Waals surface area contributed by atoms with E-state index in [9.17, 15) is 18.0 Å². The van der Waals surface area contributed by atoms with Crippen LogP contribution in [0.4, 0.5) is 23.7 Å². The standard InChI is InChI=1S/C20H25F3N4O3/c1-14-17(25-9-11-26(12-10-25)18(28)30-19(2,3)4)13-27(24-14)15-5-7-16(8-6-15)29-20(21,22)23/h5-8,13H,9-12H2,1-4H3. The van der Waals surface area contributed by atoms with E-state index in [2.05, 4.69) is 14.7 Å². The van der Waals surface area contributed by atoms with Gasteiger partial charge in [-0.2, -0.15) is 5.10 Å². The van der Waals surface area contributed by atoms with E-state index in [1.807, 2.05) is 33.9 Å². The van der Waals surface area contributed by atoms with Gasteiger partial charge in [0.05, 0.1) is 23.3 Å². The van der Waals surface area contributed by atoms with Crippen LogP contribution in [0.2, 0.25) is 0 Å². The van der Waals surface area contributed by atoms with E-state index in [1.54, 1.807) is 9.58 Å². The summed E-state index contributed by atoms with van der Waals surface area (Å²) in [6.45, 7) is 9.69. The molecule has 164 valence electrons. The quantitative estimate of drug-likeness (QED) is 0.739. The number of carbonyl (C=O) groups is 1. The molecule has 1 aromatic carbocycles. The van der Waals surface area contributed by atoms with Crippen molar-refractivity contribution in [1.82, 2.24) is 14.7 Å².